The van der Waals surface area contributed by atoms with Gasteiger partial charge in [0.25, 0.3) is 5.56 Å². The van der Waals surface area contributed by atoms with Crippen molar-refractivity contribution < 1.29 is 23.0 Å². The number of alkyl halides is 3. The number of nitrogens with one attached hydrogen (secondary N) is 1. The van der Waals surface area contributed by atoms with Crippen molar-refractivity contribution in [3.63, 3.8) is 0 Å². The molecule has 0 aliphatic rings. The minimum Gasteiger partial charge on any atom is -0.391 e. The molecule has 1 rings (SSSR count). The number of halogens is 3. The summed E-state index contributed by atoms with van der Waals surface area (Å²) in [5.74, 6) is -0.662. The van der Waals surface area contributed by atoms with Gasteiger partial charge in [0.15, 0.2) is 0 Å². The zero-order chi connectivity index (χ0) is 11.6. The van der Waals surface area contributed by atoms with E-state index in [0.29, 0.717) is 0 Å². The number of aromatic amines is 1. The number of aliphatic hydroxyl groups is 1. The van der Waals surface area contributed by atoms with Gasteiger partial charge < -0.3 is 9.84 Å². The zero-order valence-corrected chi connectivity index (χ0v) is 7.68. The highest BCUT2D eigenvalue weighted by atomic mass is 19.4. The van der Waals surface area contributed by atoms with E-state index in [1.165, 1.54) is 6.92 Å². The van der Waals surface area contributed by atoms with E-state index in [2.05, 4.69) is 4.74 Å². The van der Waals surface area contributed by atoms with E-state index in [1.807, 2.05) is 4.98 Å². The minimum atomic E-state index is -4.85. The fraction of sp³-hybridized carbons (Fsp3) is 0.375. The first-order valence-electron chi connectivity index (χ1n) is 3.93. The number of hydrogen-bond acceptors (Lipinski definition) is 3. The Morgan fingerprint density at radius 1 is 1.53 bits per heavy atom. The largest absolute Gasteiger partial charge is 0.574 e. The molecule has 0 bridgehead atoms. The van der Waals surface area contributed by atoms with Gasteiger partial charge in [-0.05, 0) is 13.0 Å². The molecule has 0 spiro atoms. The van der Waals surface area contributed by atoms with Gasteiger partial charge in [-0.1, -0.05) is 0 Å². The molecule has 7 heteroatoms. The van der Waals surface area contributed by atoms with E-state index >= 15 is 0 Å². The highest BCUT2D eigenvalue weighted by Gasteiger charge is 2.32. The molecule has 0 saturated heterocycles. The summed E-state index contributed by atoms with van der Waals surface area (Å²) in [6.07, 6.45) is -4.85. The van der Waals surface area contributed by atoms with Crippen LogP contribution in [0.15, 0.2) is 10.9 Å². The Hall–Kier alpha value is -1.50. The summed E-state index contributed by atoms with van der Waals surface area (Å²) in [4.78, 5) is 12.9. The molecule has 0 fully saturated rings. The third kappa shape index (κ3) is 2.98. The second-order valence-corrected chi connectivity index (χ2v) is 2.84. The van der Waals surface area contributed by atoms with Gasteiger partial charge in [0.05, 0.1) is 6.61 Å². The lowest BCUT2D eigenvalue weighted by atomic mass is 10.2. The average molecular weight is 223 g/mol. The summed E-state index contributed by atoms with van der Waals surface area (Å²) in [6.45, 7) is 0.790. The van der Waals surface area contributed by atoms with Gasteiger partial charge in [0.1, 0.15) is 0 Å². The Bertz CT molecular complexity index is 411. The quantitative estimate of drug-likeness (QED) is 0.788. The number of ether oxygens (including phenoxy) is 1. The third-order valence-electron chi connectivity index (χ3n) is 1.66. The maximum Gasteiger partial charge on any atom is 0.574 e. The fourth-order valence-corrected chi connectivity index (χ4v) is 1.01. The van der Waals surface area contributed by atoms with Crippen molar-refractivity contribution in [2.45, 2.75) is 19.9 Å². The van der Waals surface area contributed by atoms with E-state index in [1.54, 1.807) is 0 Å². The van der Waals surface area contributed by atoms with Gasteiger partial charge in [-0.2, -0.15) is 0 Å². The molecule has 0 amide bonds. The molecule has 0 aliphatic heterocycles. The molecule has 1 aromatic heterocycles. The lowest BCUT2D eigenvalue weighted by Gasteiger charge is -2.11. The first-order valence-corrected chi connectivity index (χ1v) is 3.93. The van der Waals surface area contributed by atoms with Crippen molar-refractivity contribution >= 4 is 0 Å². The highest BCUT2D eigenvalue weighted by molar-refractivity contribution is 5.28. The van der Waals surface area contributed by atoms with Crippen LogP contribution >= 0.6 is 0 Å². The van der Waals surface area contributed by atoms with Gasteiger partial charge in [-0.15, -0.1) is 13.2 Å². The Kier molecular flexibility index (Phi) is 3.04. The van der Waals surface area contributed by atoms with Crippen LogP contribution in [-0.2, 0) is 6.61 Å². The van der Waals surface area contributed by atoms with Crippen LogP contribution in [0.1, 0.15) is 11.1 Å². The van der Waals surface area contributed by atoms with Crippen LogP contribution in [0.2, 0.25) is 0 Å². The monoisotopic (exact) mass is 223 g/mol. The van der Waals surface area contributed by atoms with E-state index < -0.39 is 24.4 Å². The van der Waals surface area contributed by atoms with Crippen molar-refractivity contribution in [1.29, 1.82) is 0 Å². The Labute approximate surface area is 82.3 Å². The summed E-state index contributed by atoms with van der Waals surface area (Å²) in [5.41, 5.74) is -0.722. The summed E-state index contributed by atoms with van der Waals surface area (Å²) >= 11 is 0. The van der Waals surface area contributed by atoms with Crippen LogP contribution in [-0.4, -0.2) is 16.5 Å². The van der Waals surface area contributed by atoms with E-state index in [0.717, 1.165) is 6.07 Å². The average Bonchev–Trinajstić information content (AvgIpc) is 2.08. The van der Waals surface area contributed by atoms with Crippen LogP contribution in [0.4, 0.5) is 13.2 Å². The van der Waals surface area contributed by atoms with Crippen molar-refractivity contribution in [3.05, 3.63) is 27.5 Å². The van der Waals surface area contributed by atoms with Crippen LogP contribution in [0.3, 0.4) is 0 Å². The smallest absolute Gasteiger partial charge is 0.391 e. The third-order valence-corrected chi connectivity index (χ3v) is 1.66. The van der Waals surface area contributed by atoms with Crippen LogP contribution < -0.4 is 10.3 Å². The van der Waals surface area contributed by atoms with Crippen LogP contribution in [0, 0.1) is 6.92 Å². The summed E-state index contributed by atoms with van der Waals surface area (Å²) in [6, 6.07) is 1.14. The minimum absolute atomic E-state index is 0.0120. The normalized spacial score (nSPS) is 11.5. The molecule has 0 unspecified atom stereocenters. The number of H-pyrrole nitrogens is 1. The molecule has 0 atom stereocenters. The van der Waals surface area contributed by atoms with Crippen molar-refractivity contribution in [2.24, 2.45) is 0 Å². The lowest BCUT2D eigenvalue weighted by Crippen LogP contribution is -2.22. The molecule has 1 heterocycles. The maximum atomic E-state index is 11.8. The predicted octanol–water partition coefficient (Wildman–Crippen LogP) is 1.07. The second-order valence-electron chi connectivity index (χ2n) is 2.84. The summed E-state index contributed by atoms with van der Waals surface area (Å²) < 4.78 is 39.1. The van der Waals surface area contributed by atoms with Gasteiger partial charge in [-0.3, -0.25) is 9.78 Å². The molecule has 84 valence electrons. The molecular weight excluding hydrogens is 215 g/mol. The molecule has 1 aromatic rings. The highest BCUT2D eigenvalue weighted by Crippen LogP contribution is 2.22. The standard InChI is InChI=1S/C8H8F3NO3/c1-4-2-5(3-13)6(14)12-7(4)15-8(9,10)11/h2,13H,3H2,1H3,(H,12,14). The number of aliphatic hydroxyl groups excluding tert-OH is 1. The lowest BCUT2D eigenvalue weighted by molar-refractivity contribution is -0.276. The molecule has 0 radical (unpaired) electrons. The first kappa shape index (κ1) is 11.6. The number of pyridine rings is 1. The van der Waals surface area contributed by atoms with Crippen molar-refractivity contribution in [2.75, 3.05) is 0 Å². The van der Waals surface area contributed by atoms with Gasteiger partial charge in [-0.25, -0.2) is 0 Å². The Balaban J connectivity index is 3.11. The SMILES string of the molecule is Cc1cc(CO)c(=O)[nH]c1OC(F)(F)F. The Morgan fingerprint density at radius 3 is 2.60 bits per heavy atom. The summed E-state index contributed by atoms with van der Waals surface area (Å²) in [5, 5.41) is 8.68. The molecule has 2 N–H and O–H groups in total. The first-order chi connectivity index (χ1) is 6.83. The van der Waals surface area contributed by atoms with E-state index in [9.17, 15) is 18.0 Å². The fourth-order valence-electron chi connectivity index (χ4n) is 1.01. The van der Waals surface area contributed by atoms with Crippen LogP contribution in [0.25, 0.3) is 0 Å². The van der Waals surface area contributed by atoms with E-state index in [4.69, 9.17) is 5.11 Å². The van der Waals surface area contributed by atoms with Gasteiger partial charge in [0, 0.05) is 11.1 Å². The predicted molar refractivity (Wildman–Crippen MR) is 44.4 cm³/mol. The number of hydrogen-bond donors (Lipinski definition) is 2. The second kappa shape index (κ2) is 3.93. The number of aromatic nitrogens is 1. The molecule has 0 saturated carbocycles. The topological polar surface area (TPSA) is 62.3 Å². The summed E-state index contributed by atoms with van der Waals surface area (Å²) in [7, 11) is 0. The number of aryl methyl sites for hydroxylation is 1. The maximum absolute atomic E-state index is 11.8. The van der Waals surface area contributed by atoms with Gasteiger partial charge >= 0.3 is 6.36 Å². The van der Waals surface area contributed by atoms with Crippen molar-refractivity contribution in [1.82, 2.24) is 4.98 Å². The Morgan fingerprint density at radius 2 is 2.13 bits per heavy atom. The molecular formula is C8H8F3NO3. The molecule has 0 aliphatic carbocycles. The van der Waals surface area contributed by atoms with E-state index in [-0.39, 0.29) is 11.1 Å². The molecule has 4 nitrogen and oxygen atoms in total. The molecule has 15 heavy (non-hydrogen) atoms. The van der Waals surface area contributed by atoms with Gasteiger partial charge in [0.2, 0.25) is 5.88 Å². The van der Waals surface area contributed by atoms with Crippen molar-refractivity contribution in [3.8, 4) is 5.88 Å². The zero-order valence-electron chi connectivity index (χ0n) is 7.68. The van der Waals surface area contributed by atoms with Crippen LogP contribution in [0.5, 0.6) is 5.88 Å². The number of rotatable bonds is 2. The molecule has 0 aromatic carbocycles.